The first-order valence-electron chi connectivity index (χ1n) is 13.1. The number of esters is 1. The average Bonchev–Trinajstić information content (AvgIpc) is 3.56. The van der Waals surface area contributed by atoms with E-state index in [1.807, 2.05) is 36.4 Å². The molecule has 11 heteroatoms. The highest BCUT2D eigenvalue weighted by Gasteiger charge is 2.34. The second-order valence-electron chi connectivity index (χ2n) is 9.48. The maximum Gasteiger partial charge on any atom is 0.338 e. The number of allylic oxidation sites excluding steroid dienone is 1. The van der Waals surface area contributed by atoms with E-state index in [9.17, 15) is 9.59 Å². The molecule has 0 amide bonds. The highest BCUT2D eigenvalue weighted by atomic mass is 35.5. The standard InChI is InChI=1S/C31H24Cl2N2O6S/c1-3-38-30(37)27-17(2)34-31-35(28(27)19-9-11-24-25(12-19)41-16-40-24)29(36)26(42-31)13-18-6-4-5-7-23(18)39-15-20-8-10-21(32)14-22(20)33/h4-14,28H,3,15-16H2,1-2H3/b26-13-. The molecule has 1 unspecified atom stereocenters. The van der Waals surface area contributed by atoms with Crippen molar-refractivity contribution in [3.05, 3.63) is 118 Å². The Labute approximate surface area is 254 Å². The van der Waals surface area contributed by atoms with Crippen molar-refractivity contribution < 1.29 is 23.7 Å². The molecular weight excluding hydrogens is 599 g/mol. The number of thiazole rings is 1. The maximum absolute atomic E-state index is 14.0. The summed E-state index contributed by atoms with van der Waals surface area (Å²) in [6, 6.07) is 17.2. The Kier molecular flexibility index (Phi) is 7.81. The lowest BCUT2D eigenvalue weighted by Crippen LogP contribution is -2.39. The Bertz CT molecular complexity index is 1930. The number of benzene rings is 3. The number of aromatic nitrogens is 1. The van der Waals surface area contributed by atoms with Crippen LogP contribution in [0.4, 0.5) is 0 Å². The van der Waals surface area contributed by atoms with Gasteiger partial charge in [-0.1, -0.05) is 64.9 Å². The maximum atomic E-state index is 14.0. The second kappa shape index (κ2) is 11.7. The minimum absolute atomic E-state index is 0.104. The fourth-order valence-corrected chi connectivity index (χ4v) is 6.36. The number of hydrogen-bond donors (Lipinski definition) is 0. The third-order valence-electron chi connectivity index (χ3n) is 6.83. The van der Waals surface area contributed by atoms with Crippen LogP contribution in [0.5, 0.6) is 17.2 Å². The fraction of sp³-hybridized carbons (Fsp3) is 0.194. The summed E-state index contributed by atoms with van der Waals surface area (Å²) in [7, 11) is 0. The Balaban J connectivity index is 1.43. The molecule has 2 aliphatic rings. The number of ether oxygens (including phenoxy) is 4. The summed E-state index contributed by atoms with van der Waals surface area (Å²) in [6.45, 7) is 3.99. The summed E-state index contributed by atoms with van der Waals surface area (Å²) in [5.41, 5.74) is 2.62. The van der Waals surface area contributed by atoms with Gasteiger partial charge in [0, 0.05) is 21.2 Å². The molecule has 214 valence electrons. The number of nitrogens with zero attached hydrogens (tertiary/aromatic N) is 2. The molecule has 0 N–H and O–H groups in total. The highest BCUT2D eigenvalue weighted by molar-refractivity contribution is 7.07. The molecular formula is C31H24Cl2N2O6S. The van der Waals surface area contributed by atoms with Crippen LogP contribution in [0.3, 0.4) is 0 Å². The topological polar surface area (TPSA) is 88.4 Å². The molecule has 0 fully saturated rings. The largest absolute Gasteiger partial charge is 0.488 e. The van der Waals surface area contributed by atoms with Crippen LogP contribution in [-0.2, 0) is 16.1 Å². The lowest BCUT2D eigenvalue weighted by molar-refractivity contribution is -0.139. The molecule has 0 bridgehead atoms. The number of carbonyl (C=O) groups excluding carboxylic acids is 1. The van der Waals surface area contributed by atoms with Gasteiger partial charge >= 0.3 is 5.97 Å². The fourth-order valence-electron chi connectivity index (χ4n) is 4.86. The predicted molar refractivity (Wildman–Crippen MR) is 160 cm³/mol. The number of halogens is 2. The molecule has 1 atom stereocenters. The van der Waals surface area contributed by atoms with E-state index in [1.165, 1.54) is 15.9 Å². The number of para-hydroxylation sites is 1. The molecule has 8 nitrogen and oxygen atoms in total. The van der Waals surface area contributed by atoms with Crippen molar-refractivity contribution in [1.29, 1.82) is 0 Å². The molecule has 0 saturated carbocycles. The van der Waals surface area contributed by atoms with Gasteiger partial charge in [-0.2, -0.15) is 0 Å². The van der Waals surface area contributed by atoms with E-state index in [-0.39, 0.29) is 25.6 Å². The molecule has 3 heterocycles. The molecule has 1 aromatic heterocycles. The van der Waals surface area contributed by atoms with E-state index in [1.54, 1.807) is 44.2 Å². The van der Waals surface area contributed by atoms with Gasteiger partial charge in [0.05, 0.1) is 28.5 Å². The lowest BCUT2D eigenvalue weighted by atomic mass is 9.95. The third-order valence-corrected chi connectivity index (χ3v) is 8.40. The molecule has 2 aliphatic heterocycles. The number of rotatable bonds is 7. The van der Waals surface area contributed by atoms with E-state index in [0.29, 0.717) is 59.0 Å². The summed E-state index contributed by atoms with van der Waals surface area (Å²) in [4.78, 5) is 32.3. The van der Waals surface area contributed by atoms with Crippen LogP contribution in [0.1, 0.15) is 36.6 Å². The Morgan fingerprint density at radius 1 is 1.12 bits per heavy atom. The zero-order valence-corrected chi connectivity index (χ0v) is 24.9. The summed E-state index contributed by atoms with van der Waals surface area (Å²) < 4.78 is 24.5. The van der Waals surface area contributed by atoms with Crippen molar-refractivity contribution in [3.8, 4) is 17.2 Å². The van der Waals surface area contributed by atoms with E-state index < -0.39 is 12.0 Å². The summed E-state index contributed by atoms with van der Waals surface area (Å²) in [6.07, 6.45) is 1.77. The highest BCUT2D eigenvalue weighted by Crippen LogP contribution is 2.38. The quantitative estimate of drug-likeness (QED) is 0.256. The first-order valence-corrected chi connectivity index (χ1v) is 14.7. The summed E-state index contributed by atoms with van der Waals surface area (Å²) in [5, 5.41) is 1.05. The van der Waals surface area contributed by atoms with Crippen LogP contribution >= 0.6 is 34.5 Å². The molecule has 0 aliphatic carbocycles. The SMILES string of the molecule is CCOC(=O)C1=C(C)N=c2s/c(=C\c3ccccc3OCc3ccc(Cl)cc3Cl)c(=O)n2C1c1ccc2c(c1)OCO2. The molecule has 0 saturated heterocycles. The molecule has 3 aromatic carbocycles. The van der Waals surface area contributed by atoms with E-state index in [0.717, 1.165) is 5.56 Å². The van der Waals surface area contributed by atoms with Gasteiger partial charge in [0.25, 0.3) is 5.56 Å². The van der Waals surface area contributed by atoms with Crippen LogP contribution < -0.4 is 29.1 Å². The van der Waals surface area contributed by atoms with Gasteiger partial charge in [-0.05, 0) is 55.8 Å². The molecule has 4 aromatic rings. The zero-order chi connectivity index (χ0) is 29.4. The molecule has 6 rings (SSSR count). The van der Waals surface area contributed by atoms with E-state index in [4.69, 9.17) is 42.1 Å². The van der Waals surface area contributed by atoms with Crippen molar-refractivity contribution >= 4 is 46.6 Å². The first-order chi connectivity index (χ1) is 20.3. The van der Waals surface area contributed by atoms with Gasteiger partial charge in [0.15, 0.2) is 16.3 Å². The van der Waals surface area contributed by atoms with Crippen molar-refractivity contribution in [2.24, 2.45) is 4.99 Å². The minimum atomic E-state index is -0.768. The summed E-state index contributed by atoms with van der Waals surface area (Å²) in [5.74, 6) is 1.18. The number of carbonyl (C=O) groups is 1. The van der Waals surface area contributed by atoms with Crippen molar-refractivity contribution in [1.82, 2.24) is 4.57 Å². The lowest BCUT2D eigenvalue weighted by Gasteiger charge is -2.24. The first kappa shape index (κ1) is 28.1. The smallest absolute Gasteiger partial charge is 0.338 e. The van der Waals surface area contributed by atoms with Crippen LogP contribution in [0.15, 0.2) is 81.7 Å². The van der Waals surface area contributed by atoms with Crippen LogP contribution in [0, 0.1) is 0 Å². The molecule has 0 spiro atoms. The monoisotopic (exact) mass is 622 g/mol. The van der Waals surface area contributed by atoms with Gasteiger partial charge in [0.1, 0.15) is 12.4 Å². The van der Waals surface area contributed by atoms with Crippen molar-refractivity contribution in [2.75, 3.05) is 13.4 Å². The van der Waals surface area contributed by atoms with Crippen LogP contribution in [-0.4, -0.2) is 23.9 Å². The van der Waals surface area contributed by atoms with Crippen LogP contribution in [0.25, 0.3) is 6.08 Å². The predicted octanol–water partition coefficient (Wildman–Crippen LogP) is 5.41. The zero-order valence-electron chi connectivity index (χ0n) is 22.6. The molecule has 0 radical (unpaired) electrons. The Morgan fingerprint density at radius 3 is 2.74 bits per heavy atom. The Hall–Kier alpha value is -4.05. The number of hydrogen-bond acceptors (Lipinski definition) is 8. The Morgan fingerprint density at radius 2 is 1.93 bits per heavy atom. The number of fused-ring (bicyclic) bond motifs is 2. The van der Waals surface area contributed by atoms with E-state index >= 15 is 0 Å². The van der Waals surface area contributed by atoms with Crippen molar-refractivity contribution in [2.45, 2.75) is 26.5 Å². The second-order valence-corrected chi connectivity index (χ2v) is 11.3. The van der Waals surface area contributed by atoms with Gasteiger partial charge < -0.3 is 18.9 Å². The third kappa shape index (κ3) is 5.31. The van der Waals surface area contributed by atoms with Gasteiger partial charge in [-0.25, -0.2) is 9.79 Å². The summed E-state index contributed by atoms with van der Waals surface area (Å²) >= 11 is 13.6. The van der Waals surface area contributed by atoms with Crippen LogP contribution in [0.2, 0.25) is 10.0 Å². The minimum Gasteiger partial charge on any atom is -0.488 e. The van der Waals surface area contributed by atoms with Gasteiger partial charge in [-0.15, -0.1) is 0 Å². The normalized spacial score (nSPS) is 15.8. The van der Waals surface area contributed by atoms with Crippen molar-refractivity contribution in [3.63, 3.8) is 0 Å². The average molecular weight is 624 g/mol. The van der Waals surface area contributed by atoms with E-state index in [2.05, 4.69) is 4.99 Å². The molecule has 42 heavy (non-hydrogen) atoms. The van der Waals surface area contributed by atoms with Gasteiger partial charge in [-0.3, -0.25) is 9.36 Å². The van der Waals surface area contributed by atoms with Gasteiger partial charge in [0.2, 0.25) is 6.79 Å².